The number of thiocarbonyl (C=S) groups is 1. The standard InChI is InChI=1S/C19H20F3N3O6S/c1-3-29-15(27)19(16(28)30-4-2)13(9-14(26)25-19)24-17(32)23-11-5-7-12(8-6-11)31-10-18(20,21)22/h5-9H,3-4,10H2,1-2H3,(H,25,26)(H2,23,24,32). The molecule has 174 valence electrons. The SMILES string of the molecule is CCOC(=O)C1(C(=O)OCC)NC(=O)C=C1NC(=S)Nc1ccc(OCC(F)(F)F)cc1. The average Bonchev–Trinajstić information content (AvgIpc) is 3.04. The number of hydrogen-bond donors (Lipinski definition) is 3. The van der Waals surface area contributed by atoms with E-state index in [2.05, 4.69) is 20.7 Å². The van der Waals surface area contributed by atoms with Gasteiger partial charge in [-0.2, -0.15) is 13.2 Å². The average molecular weight is 475 g/mol. The number of carbonyl (C=O) groups excluding carboxylic acids is 3. The first-order chi connectivity index (χ1) is 15.0. The number of nitrogens with one attached hydrogen (secondary N) is 3. The van der Waals surface area contributed by atoms with Gasteiger partial charge >= 0.3 is 18.1 Å². The van der Waals surface area contributed by atoms with Gasteiger partial charge < -0.3 is 30.2 Å². The smallest absolute Gasteiger partial charge is 0.422 e. The molecule has 3 N–H and O–H groups in total. The molecule has 1 aromatic rings. The van der Waals surface area contributed by atoms with Crippen molar-refractivity contribution in [1.82, 2.24) is 10.6 Å². The van der Waals surface area contributed by atoms with Crippen LogP contribution < -0.4 is 20.7 Å². The third-order valence-electron chi connectivity index (χ3n) is 3.92. The summed E-state index contributed by atoms with van der Waals surface area (Å²) in [7, 11) is 0. The molecular formula is C19H20F3N3O6S. The lowest BCUT2D eigenvalue weighted by Crippen LogP contribution is -2.61. The Bertz CT molecular complexity index is 900. The summed E-state index contributed by atoms with van der Waals surface area (Å²) in [6, 6.07) is 5.38. The fourth-order valence-electron chi connectivity index (χ4n) is 2.63. The van der Waals surface area contributed by atoms with E-state index >= 15 is 0 Å². The van der Waals surface area contributed by atoms with Gasteiger partial charge in [-0.3, -0.25) is 4.79 Å². The second kappa shape index (κ2) is 10.3. The summed E-state index contributed by atoms with van der Waals surface area (Å²) in [6.45, 7) is 1.50. The van der Waals surface area contributed by atoms with E-state index in [1.54, 1.807) is 0 Å². The van der Waals surface area contributed by atoms with Crippen molar-refractivity contribution in [3.05, 3.63) is 36.0 Å². The number of rotatable bonds is 8. The molecule has 0 fully saturated rings. The fraction of sp³-hybridized carbons (Fsp3) is 0.368. The molecule has 0 unspecified atom stereocenters. The highest BCUT2D eigenvalue weighted by Gasteiger charge is 2.57. The van der Waals surface area contributed by atoms with Crippen molar-refractivity contribution in [2.75, 3.05) is 25.1 Å². The van der Waals surface area contributed by atoms with Crippen molar-refractivity contribution in [1.29, 1.82) is 0 Å². The molecule has 2 rings (SSSR count). The van der Waals surface area contributed by atoms with Crippen LogP contribution in [0.25, 0.3) is 0 Å². The number of amides is 1. The van der Waals surface area contributed by atoms with Gasteiger partial charge in [0.25, 0.3) is 5.54 Å². The van der Waals surface area contributed by atoms with E-state index < -0.39 is 36.2 Å². The van der Waals surface area contributed by atoms with Crippen LogP contribution in [-0.4, -0.2) is 54.5 Å². The van der Waals surface area contributed by atoms with Crippen molar-refractivity contribution in [2.24, 2.45) is 0 Å². The molecule has 0 spiro atoms. The van der Waals surface area contributed by atoms with Crippen LogP contribution in [0.1, 0.15) is 13.8 Å². The Morgan fingerprint density at radius 3 is 2.12 bits per heavy atom. The number of esters is 2. The first kappa shape index (κ1) is 24.9. The molecular weight excluding hydrogens is 455 g/mol. The molecule has 9 nitrogen and oxygen atoms in total. The monoisotopic (exact) mass is 475 g/mol. The maximum Gasteiger partial charge on any atom is 0.422 e. The van der Waals surface area contributed by atoms with Crippen molar-refractivity contribution < 1.29 is 41.8 Å². The van der Waals surface area contributed by atoms with Gasteiger partial charge in [-0.15, -0.1) is 0 Å². The van der Waals surface area contributed by atoms with E-state index in [9.17, 15) is 27.6 Å². The third kappa shape index (κ3) is 6.09. The minimum absolute atomic E-state index is 0.0105. The van der Waals surface area contributed by atoms with Gasteiger partial charge in [-0.1, -0.05) is 0 Å². The molecule has 32 heavy (non-hydrogen) atoms. The molecule has 0 aliphatic carbocycles. The Kier molecular flexibility index (Phi) is 8.02. The van der Waals surface area contributed by atoms with E-state index in [0.717, 1.165) is 6.08 Å². The lowest BCUT2D eigenvalue weighted by atomic mass is 9.97. The molecule has 1 amide bonds. The van der Waals surface area contributed by atoms with E-state index in [-0.39, 0.29) is 29.8 Å². The number of hydrogen-bond acceptors (Lipinski definition) is 7. The second-order valence-corrected chi connectivity index (χ2v) is 6.65. The third-order valence-corrected chi connectivity index (χ3v) is 4.12. The Labute approximate surface area is 186 Å². The van der Waals surface area contributed by atoms with E-state index in [0.29, 0.717) is 5.69 Å². The van der Waals surface area contributed by atoms with Gasteiger partial charge in [-0.25, -0.2) is 9.59 Å². The normalized spacial score (nSPS) is 14.7. The number of carbonyl (C=O) groups is 3. The Morgan fingerprint density at radius 1 is 1.06 bits per heavy atom. The Morgan fingerprint density at radius 2 is 1.62 bits per heavy atom. The largest absolute Gasteiger partial charge is 0.484 e. The van der Waals surface area contributed by atoms with Crippen LogP contribution in [0.15, 0.2) is 36.0 Å². The zero-order valence-corrected chi connectivity index (χ0v) is 17.8. The van der Waals surface area contributed by atoms with Crippen LogP contribution in [0.3, 0.4) is 0 Å². The van der Waals surface area contributed by atoms with Crippen molar-refractivity contribution >= 4 is 40.9 Å². The zero-order chi connectivity index (χ0) is 23.9. The molecule has 0 saturated heterocycles. The number of ether oxygens (including phenoxy) is 3. The summed E-state index contributed by atoms with van der Waals surface area (Å²) in [5, 5.41) is 7.46. The number of anilines is 1. The first-order valence-corrected chi connectivity index (χ1v) is 9.69. The second-order valence-electron chi connectivity index (χ2n) is 6.25. The molecule has 1 heterocycles. The fourth-order valence-corrected chi connectivity index (χ4v) is 2.85. The number of benzene rings is 1. The van der Waals surface area contributed by atoms with Crippen LogP contribution in [0.5, 0.6) is 5.75 Å². The molecule has 13 heteroatoms. The van der Waals surface area contributed by atoms with E-state index in [4.69, 9.17) is 21.7 Å². The Hall–Kier alpha value is -3.35. The van der Waals surface area contributed by atoms with Crippen LogP contribution in [-0.2, 0) is 23.9 Å². The van der Waals surface area contributed by atoms with Crippen LogP contribution in [0.2, 0.25) is 0 Å². The summed E-state index contributed by atoms with van der Waals surface area (Å²) < 4.78 is 51.2. The highest BCUT2D eigenvalue weighted by atomic mass is 32.1. The predicted molar refractivity (Wildman–Crippen MR) is 110 cm³/mol. The topological polar surface area (TPSA) is 115 Å². The quantitative estimate of drug-likeness (QED) is 0.294. The lowest BCUT2D eigenvalue weighted by molar-refractivity contribution is -0.164. The number of halogens is 3. The highest BCUT2D eigenvalue weighted by Crippen LogP contribution is 2.25. The van der Waals surface area contributed by atoms with Gasteiger partial charge in [-0.05, 0) is 50.3 Å². The lowest BCUT2D eigenvalue weighted by Gasteiger charge is -2.28. The van der Waals surface area contributed by atoms with E-state index in [1.807, 2.05) is 0 Å². The van der Waals surface area contributed by atoms with E-state index in [1.165, 1.54) is 38.1 Å². The predicted octanol–water partition coefficient (Wildman–Crippen LogP) is 1.79. The van der Waals surface area contributed by atoms with Gasteiger partial charge in [0.1, 0.15) is 5.75 Å². The minimum Gasteiger partial charge on any atom is -0.484 e. The molecule has 0 aromatic heterocycles. The van der Waals surface area contributed by atoms with Crippen LogP contribution >= 0.6 is 12.2 Å². The molecule has 0 saturated carbocycles. The number of alkyl halides is 3. The maximum atomic E-state index is 12.6. The van der Waals surface area contributed by atoms with Crippen LogP contribution in [0.4, 0.5) is 18.9 Å². The molecule has 0 radical (unpaired) electrons. The zero-order valence-electron chi connectivity index (χ0n) is 17.0. The van der Waals surface area contributed by atoms with Gasteiger partial charge in [0.05, 0.1) is 18.9 Å². The summed E-state index contributed by atoms with van der Waals surface area (Å²) >= 11 is 5.16. The summed E-state index contributed by atoms with van der Waals surface area (Å²) in [5.41, 5.74) is -2.11. The Balaban J connectivity index is 2.14. The molecule has 1 aromatic carbocycles. The minimum atomic E-state index is -4.47. The highest BCUT2D eigenvalue weighted by molar-refractivity contribution is 7.80. The molecule has 1 aliphatic heterocycles. The van der Waals surface area contributed by atoms with Gasteiger partial charge in [0.15, 0.2) is 11.7 Å². The first-order valence-electron chi connectivity index (χ1n) is 9.28. The molecule has 0 atom stereocenters. The summed E-state index contributed by atoms with van der Waals surface area (Å²) in [6.07, 6.45) is -3.50. The molecule has 1 aliphatic rings. The summed E-state index contributed by atoms with van der Waals surface area (Å²) in [4.78, 5) is 37.1. The maximum absolute atomic E-state index is 12.6. The van der Waals surface area contributed by atoms with Crippen molar-refractivity contribution in [3.63, 3.8) is 0 Å². The van der Waals surface area contributed by atoms with Crippen molar-refractivity contribution in [3.8, 4) is 5.75 Å². The van der Waals surface area contributed by atoms with Gasteiger partial charge in [0.2, 0.25) is 5.91 Å². The van der Waals surface area contributed by atoms with Gasteiger partial charge in [0, 0.05) is 11.8 Å². The molecule has 0 bridgehead atoms. The van der Waals surface area contributed by atoms with Crippen LogP contribution in [0, 0.1) is 0 Å². The van der Waals surface area contributed by atoms with Crippen molar-refractivity contribution in [2.45, 2.75) is 25.6 Å². The summed E-state index contributed by atoms with van der Waals surface area (Å²) in [5.74, 6) is -2.87.